The second kappa shape index (κ2) is 7.86. The average molecular weight is 406 g/mol. The molecule has 0 saturated carbocycles. The summed E-state index contributed by atoms with van der Waals surface area (Å²) in [6.07, 6.45) is 0.0534. The number of hydrogen-bond acceptors (Lipinski definition) is 5. The molecule has 28 heavy (non-hydrogen) atoms. The first kappa shape index (κ1) is 19.6. The Bertz CT molecular complexity index is 1030. The molecule has 0 aliphatic carbocycles. The van der Waals surface area contributed by atoms with Crippen molar-refractivity contribution in [2.45, 2.75) is 18.9 Å². The van der Waals surface area contributed by atoms with Crippen molar-refractivity contribution in [1.82, 2.24) is 14.9 Å². The summed E-state index contributed by atoms with van der Waals surface area (Å²) in [7, 11) is 1.54. The first-order valence-electron chi connectivity index (χ1n) is 8.52. The van der Waals surface area contributed by atoms with Crippen molar-refractivity contribution in [2.24, 2.45) is 7.05 Å². The number of nitrogens with one attached hydrogen (secondary N) is 1. The monoisotopic (exact) mass is 405 g/mol. The number of piperidine rings is 1. The maximum atomic E-state index is 14.0. The van der Waals surface area contributed by atoms with Crippen LogP contribution >= 0.6 is 11.6 Å². The molecule has 1 aromatic carbocycles. The zero-order valence-electron chi connectivity index (χ0n) is 14.9. The van der Waals surface area contributed by atoms with Gasteiger partial charge >= 0.3 is 6.09 Å². The van der Waals surface area contributed by atoms with Crippen LogP contribution in [0.2, 0.25) is 5.02 Å². The maximum Gasteiger partial charge on any atom is 0.404 e. The van der Waals surface area contributed by atoms with E-state index in [1.54, 1.807) is 13.1 Å². The molecule has 2 aromatic rings. The van der Waals surface area contributed by atoms with Gasteiger partial charge in [0.2, 0.25) is 5.95 Å². The van der Waals surface area contributed by atoms with E-state index in [0.717, 1.165) is 6.07 Å². The highest BCUT2D eigenvalue weighted by Crippen LogP contribution is 2.28. The molecule has 10 heteroatoms. The molecule has 0 spiro atoms. The lowest BCUT2D eigenvalue weighted by molar-refractivity contribution is 0.187. The summed E-state index contributed by atoms with van der Waals surface area (Å²) in [6.45, 7) is 0.988. The van der Waals surface area contributed by atoms with E-state index in [1.807, 2.05) is 4.90 Å². The Balaban J connectivity index is 1.96. The van der Waals surface area contributed by atoms with Crippen LogP contribution in [0, 0.1) is 17.1 Å². The smallest absolute Gasteiger partial charge is 0.404 e. The van der Waals surface area contributed by atoms with Gasteiger partial charge in [0.1, 0.15) is 16.9 Å². The zero-order chi connectivity index (χ0) is 20.4. The predicted octanol–water partition coefficient (Wildman–Crippen LogP) is 2.35. The fourth-order valence-corrected chi connectivity index (χ4v) is 3.47. The molecule has 1 aromatic heterocycles. The highest BCUT2D eigenvalue weighted by atomic mass is 35.5. The van der Waals surface area contributed by atoms with Crippen molar-refractivity contribution in [3.05, 3.63) is 45.0 Å². The summed E-state index contributed by atoms with van der Waals surface area (Å²) in [6, 6.07) is 5.50. The topological polar surface area (TPSA) is 111 Å². The predicted molar refractivity (Wildman–Crippen MR) is 101 cm³/mol. The summed E-state index contributed by atoms with van der Waals surface area (Å²) in [5, 5.41) is 20.0. The number of anilines is 1. The number of carboxylic acid groups (broad SMARTS) is 1. The summed E-state index contributed by atoms with van der Waals surface area (Å²) < 4.78 is 15.3. The van der Waals surface area contributed by atoms with Gasteiger partial charge in [0.05, 0.1) is 11.3 Å². The summed E-state index contributed by atoms with van der Waals surface area (Å²) in [5.74, 6) is -0.358. The van der Waals surface area contributed by atoms with E-state index < -0.39 is 17.5 Å². The van der Waals surface area contributed by atoms with Gasteiger partial charge in [-0.3, -0.25) is 9.36 Å². The number of amides is 1. The number of rotatable bonds is 3. The summed E-state index contributed by atoms with van der Waals surface area (Å²) in [5.41, 5.74) is -0.161. The van der Waals surface area contributed by atoms with E-state index in [-0.39, 0.29) is 22.3 Å². The van der Waals surface area contributed by atoms with Crippen molar-refractivity contribution in [3.63, 3.8) is 0 Å². The second-order valence-electron chi connectivity index (χ2n) is 6.46. The minimum atomic E-state index is -1.07. The minimum absolute atomic E-state index is 0.114. The van der Waals surface area contributed by atoms with Crippen LogP contribution < -0.4 is 15.8 Å². The highest BCUT2D eigenvalue weighted by molar-refractivity contribution is 6.32. The number of nitrogens with zero attached hydrogens (tertiary/aromatic N) is 4. The molecule has 1 aliphatic heterocycles. The second-order valence-corrected chi connectivity index (χ2v) is 6.83. The quantitative estimate of drug-likeness (QED) is 0.810. The molecule has 8 nitrogen and oxygen atoms in total. The van der Waals surface area contributed by atoms with Crippen LogP contribution in [0.15, 0.2) is 23.0 Å². The molecule has 0 unspecified atom stereocenters. The lowest BCUT2D eigenvalue weighted by Gasteiger charge is -2.33. The van der Waals surface area contributed by atoms with Gasteiger partial charge in [-0.15, -0.1) is 0 Å². The molecule has 1 fully saturated rings. The lowest BCUT2D eigenvalue weighted by Crippen LogP contribution is -2.45. The van der Waals surface area contributed by atoms with Crippen LogP contribution in [0.5, 0.6) is 0 Å². The normalized spacial score (nSPS) is 14.6. The number of nitriles is 1. The van der Waals surface area contributed by atoms with Gasteiger partial charge in [-0.1, -0.05) is 17.7 Å². The van der Waals surface area contributed by atoms with Crippen LogP contribution in [0.3, 0.4) is 0 Å². The van der Waals surface area contributed by atoms with Gasteiger partial charge in [-0.2, -0.15) is 5.26 Å². The number of hydrogen-bond donors (Lipinski definition) is 2. The van der Waals surface area contributed by atoms with Crippen LogP contribution in [0.1, 0.15) is 18.4 Å². The first-order chi connectivity index (χ1) is 13.3. The third-order valence-electron chi connectivity index (χ3n) is 4.68. The molecule has 1 amide bonds. The van der Waals surface area contributed by atoms with Gasteiger partial charge in [-0.05, 0) is 25.0 Å². The number of carbonyl (C=O) groups is 1. The molecule has 0 radical (unpaired) electrons. The molecule has 0 atom stereocenters. The Hall–Kier alpha value is -3.12. The standard InChI is InChI=1S/C18H17ClFN5O3/c1-24-16(26)14(19)15(10-2-3-11(9-21)13(20)8-10)23-17(24)25-6-4-12(5-7-25)22-18(27)28/h2-3,8,12,22H,4-7H2,1H3,(H,27,28). The average Bonchev–Trinajstić information content (AvgIpc) is 2.67. The van der Waals surface area contributed by atoms with E-state index in [2.05, 4.69) is 10.3 Å². The molecule has 1 aliphatic rings. The fourth-order valence-electron chi connectivity index (χ4n) is 3.19. The number of aromatic nitrogens is 2. The molecule has 2 N–H and O–H groups in total. The SMILES string of the molecule is Cn1c(N2CCC(NC(=O)O)CC2)nc(-c2ccc(C#N)c(F)c2)c(Cl)c1=O. The third-order valence-corrected chi connectivity index (χ3v) is 5.02. The molecule has 146 valence electrons. The fraction of sp³-hybridized carbons (Fsp3) is 0.333. The van der Waals surface area contributed by atoms with Gasteiger partial charge in [0, 0.05) is 31.7 Å². The van der Waals surface area contributed by atoms with Crippen molar-refractivity contribution < 1.29 is 14.3 Å². The summed E-state index contributed by atoms with van der Waals surface area (Å²) >= 11 is 6.17. The van der Waals surface area contributed by atoms with Gasteiger partial charge < -0.3 is 15.3 Å². The zero-order valence-corrected chi connectivity index (χ0v) is 15.7. The van der Waals surface area contributed by atoms with Crippen molar-refractivity contribution in [2.75, 3.05) is 18.0 Å². The highest BCUT2D eigenvalue weighted by Gasteiger charge is 2.25. The molecule has 3 rings (SSSR count). The Morgan fingerprint density at radius 3 is 2.68 bits per heavy atom. The van der Waals surface area contributed by atoms with Gasteiger partial charge in [0.25, 0.3) is 5.56 Å². The van der Waals surface area contributed by atoms with Crippen molar-refractivity contribution >= 4 is 23.6 Å². The van der Waals surface area contributed by atoms with Gasteiger partial charge in [0.15, 0.2) is 0 Å². The largest absolute Gasteiger partial charge is 0.465 e. The van der Waals surface area contributed by atoms with Crippen LogP contribution in [0.4, 0.5) is 15.1 Å². The van der Waals surface area contributed by atoms with Crippen LogP contribution in [-0.4, -0.2) is 39.9 Å². The maximum absolute atomic E-state index is 14.0. The van der Waals surface area contributed by atoms with E-state index in [1.165, 1.54) is 16.7 Å². The number of halogens is 2. The Labute approximate surface area is 164 Å². The van der Waals surface area contributed by atoms with Crippen LogP contribution in [-0.2, 0) is 7.05 Å². The molecular formula is C18H17ClFN5O3. The lowest BCUT2D eigenvalue weighted by atomic mass is 10.1. The van der Waals surface area contributed by atoms with Crippen LogP contribution in [0.25, 0.3) is 11.3 Å². The first-order valence-corrected chi connectivity index (χ1v) is 8.90. The van der Waals surface area contributed by atoms with Crippen molar-refractivity contribution in [1.29, 1.82) is 5.26 Å². The van der Waals surface area contributed by atoms with Crippen molar-refractivity contribution in [3.8, 4) is 17.3 Å². The molecule has 1 saturated heterocycles. The van der Waals surface area contributed by atoms with E-state index in [9.17, 15) is 14.0 Å². The van der Waals surface area contributed by atoms with E-state index >= 15 is 0 Å². The Kier molecular flexibility index (Phi) is 5.51. The van der Waals surface area contributed by atoms with Gasteiger partial charge in [-0.25, -0.2) is 14.2 Å². The molecule has 2 heterocycles. The third kappa shape index (κ3) is 3.77. The molecule has 0 bridgehead atoms. The summed E-state index contributed by atoms with van der Waals surface area (Å²) in [4.78, 5) is 29.7. The van der Waals surface area contributed by atoms with E-state index in [4.69, 9.17) is 22.0 Å². The number of benzene rings is 1. The Morgan fingerprint density at radius 2 is 2.11 bits per heavy atom. The minimum Gasteiger partial charge on any atom is -0.465 e. The van der Waals surface area contributed by atoms with E-state index in [0.29, 0.717) is 37.4 Å². The molecular weight excluding hydrogens is 389 g/mol. The Morgan fingerprint density at radius 1 is 1.43 bits per heavy atom.